The molecule has 0 saturated heterocycles. The molecule has 0 spiro atoms. The Morgan fingerprint density at radius 2 is 1.85 bits per heavy atom. The molecular formula is C21H19F2N3O. The van der Waals surface area contributed by atoms with Crippen LogP contribution in [0, 0.1) is 18.6 Å². The summed E-state index contributed by atoms with van der Waals surface area (Å²) in [4.78, 5) is 0. The van der Waals surface area contributed by atoms with E-state index in [-0.39, 0.29) is 23.4 Å². The first kappa shape index (κ1) is 17.5. The zero-order valence-electron chi connectivity index (χ0n) is 14.9. The van der Waals surface area contributed by atoms with Crippen molar-refractivity contribution >= 4 is 0 Å². The molecule has 0 bridgehead atoms. The third kappa shape index (κ3) is 3.53. The van der Waals surface area contributed by atoms with Crippen molar-refractivity contribution in [3.8, 4) is 11.6 Å². The standard InChI is InChI=1S/C21H19F2N3O/c1-13-6-9-20(26-25-13)27-19-8-7-14-15(16-4-2-3-5-18(16)22)10-11-24-12-17(14)21(19)23/h2-9,15,24H,10-12H2,1H3. The second-order valence-corrected chi connectivity index (χ2v) is 6.60. The van der Waals surface area contributed by atoms with Gasteiger partial charge in [0, 0.05) is 24.1 Å². The molecule has 4 rings (SSSR count). The summed E-state index contributed by atoms with van der Waals surface area (Å²) in [5, 5.41) is 11.0. The number of hydrogen-bond acceptors (Lipinski definition) is 4. The average Bonchev–Trinajstić information content (AvgIpc) is 2.89. The molecule has 1 aliphatic rings. The van der Waals surface area contributed by atoms with Crippen LogP contribution in [0.2, 0.25) is 0 Å². The summed E-state index contributed by atoms with van der Waals surface area (Å²) in [5.74, 6) is -0.620. The van der Waals surface area contributed by atoms with E-state index in [0.717, 1.165) is 11.3 Å². The molecule has 27 heavy (non-hydrogen) atoms. The highest BCUT2D eigenvalue weighted by atomic mass is 19.1. The van der Waals surface area contributed by atoms with Crippen molar-refractivity contribution in [3.05, 3.63) is 82.5 Å². The highest BCUT2D eigenvalue weighted by Gasteiger charge is 2.26. The van der Waals surface area contributed by atoms with Crippen molar-refractivity contribution in [2.45, 2.75) is 25.8 Å². The molecule has 1 unspecified atom stereocenters. The van der Waals surface area contributed by atoms with Gasteiger partial charge < -0.3 is 10.1 Å². The van der Waals surface area contributed by atoms with Crippen LogP contribution in [0.4, 0.5) is 8.78 Å². The van der Waals surface area contributed by atoms with E-state index < -0.39 is 5.82 Å². The van der Waals surface area contributed by atoms with Crippen molar-refractivity contribution in [2.24, 2.45) is 0 Å². The first-order chi connectivity index (χ1) is 13.1. The summed E-state index contributed by atoms with van der Waals surface area (Å²) < 4.78 is 35.1. The second kappa shape index (κ2) is 7.40. The van der Waals surface area contributed by atoms with Gasteiger partial charge in [-0.2, -0.15) is 5.10 Å². The minimum Gasteiger partial charge on any atom is -0.434 e. The smallest absolute Gasteiger partial charge is 0.238 e. The maximum atomic E-state index is 15.2. The van der Waals surface area contributed by atoms with E-state index in [1.807, 2.05) is 13.0 Å². The fourth-order valence-electron chi connectivity index (χ4n) is 3.45. The first-order valence-electron chi connectivity index (χ1n) is 8.88. The molecule has 0 saturated carbocycles. The Balaban J connectivity index is 1.73. The SMILES string of the molecule is Cc1ccc(Oc2ccc3c(c2F)CNCCC3c2ccccc2F)nn1. The molecule has 2 aromatic carbocycles. The second-order valence-electron chi connectivity index (χ2n) is 6.60. The number of nitrogens with zero attached hydrogens (tertiary/aromatic N) is 2. The number of halogens is 2. The van der Waals surface area contributed by atoms with Crippen LogP contribution >= 0.6 is 0 Å². The van der Waals surface area contributed by atoms with E-state index in [1.54, 1.807) is 36.4 Å². The summed E-state index contributed by atoms with van der Waals surface area (Å²) in [6.07, 6.45) is 0.691. The van der Waals surface area contributed by atoms with E-state index in [0.29, 0.717) is 30.6 Å². The van der Waals surface area contributed by atoms with Gasteiger partial charge in [-0.15, -0.1) is 5.10 Å². The first-order valence-corrected chi connectivity index (χ1v) is 8.88. The molecule has 3 aromatic rings. The van der Waals surface area contributed by atoms with Crippen LogP contribution in [-0.4, -0.2) is 16.7 Å². The number of hydrogen-bond donors (Lipinski definition) is 1. The quantitative estimate of drug-likeness (QED) is 0.741. The Morgan fingerprint density at radius 3 is 2.63 bits per heavy atom. The van der Waals surface area contributed by atoms with Crippen LogP contribution < -0.4 is 10.1 Å². The van der Waals surface area contributed by atoms with E-state index in [1.165, 1.54) is 6.07 Å². The Kier molecular flexibility index (Phi) is 4.81. The fraction of sp³-hybridized carbons (Fsp3) is 0.238. The Morgan fingerprint density at radius 1 is 1.00 bits per heavy atom. The molecule has 138 valence electrons. The van der Waals surface area contributed by atoms with Crippen molar-refractivity contribution in [2.75, 3.05) is 6.54 Å². The highest BCUT2D eigenvalue weighted by Crippen LogP contribution is 2.37. The molecule has 4 nitrogen and oxygen atoms in total. The third-order valence-electron chi connectivity index (χ3n) is 4.80. The summed E-state index contributed by atoms with van der Waals surface area (Å²) >= 11 is 0. The van der Waals surface area contributed by atoms with Crippen LogP contribution in [0.3, 0.4) is 0 Å². The van der Waals surface area contributed by atoms with Gasteiger partial charge in [-0.05, 0) is 49.2 Å². The molecule has 1 N–H and O–H groups in total. The van der Waals surface area contributed by atoms with Crippen LogP contribution in [0.5, 0.6) is 11.6 Å². The Bertz CT molecular complexity index is 960. The maximum Gasteiger partial charge on any atom is 0.238 e. The topological polar surface area (TPSA) is 47.0 Å². The van der Waals surface area contributed by atoms with Gasteiger partial charge in [-0.25, -0.2) is 8.78 Å². The molecule has 0 radical (unpaired) electrons. The lowest BCUT2D eigenvalue weighted by atomic mass is 9.86. The van der Waals surface area contributed by atoms with Crippen LogP contribution in [0.15, 0.2) is 48.5 Å². The van der Waals surface area contributed by atoms with Gasteiger partial charge in [0.2, 0.25) is 5.88 Å². The zero-order valence-corrected chi connectivity index (χ0v) is 14.9. The molecule has 0 amide bonds. The van der Waals surface area contributed by atoms with E-state index >= 15 is 4.39 Å². The molecule has 0 fully saturated rings. The predicted octanol–water partition coefficient (Wildman–Crippen LogP) is 4.48. The lowest BCUT2D eigenvalue weighted by Gasteiger charge is -2.20. The number of benzene rings is 2. The van der Waals surface area contributed by atoms with Gasteiger partial charge in [-0.1, -0.05) is 24.3 Å². The monoisotopic (exact) mass is 367 g/mol. The van der Waals surface area contributed by atoms with E-state index in [9.17, 15) is 4.39 Å². The van der Waals surface area contributed by atoms with E-state index in [2.05, 4.69) is 15.5 Å². The number of aryl methyl sites for hydroxylation is 1. The van der Waals surface area contributed by atoms with Crippen LogP contribution in [-0.2, 0) is 6.54 Å². The van der Waals surface area contributed by atoms with E-state index in [4.69, 9.17) is 4.74 Å². The van der Waals surface area contributed by atoms with Gasteiger partial charge in [0.15, 0.2) is 11.6 Å². The minimum atomic E-state index is -0.453. The number of aromatic nitrogens is 2. The molecule has 1 aromatic heterocycles. The van der Waals surface area contributed by atoms with Crippen molar-refractivity contribution in [1.29, 1.82) is 0 Å². The fourth-order valence-corrected chi connectivity index (χ4v) is 3.45. The summed E-state index contributed by atoms with van der Waals surface area (Å²) in [6, 6.07) is 13.5. The number of rotatable bonds is 3. The Labute approximate surface area is 156 Å². The molecular weight excluding hydrogens is 348 g/mol. The van der Waals surface area contributed by atoms with Gasteiger partial charge in [0.05, 0.1) is 5.69 Å². The summed E-state index contributed by atoms with van der Waals surface area (Å²) in [5.41, 5.74) is 2.62. The van der Waals surface area contributed by atoms with Crippen LogP contribution in [0.1, 0.15) is 34.7 Å². The molecule has 1 aliphatic heterocycles. The largest absolute Gasteiger partial charge is 0.434 e. The van der Waals surface area contributed by atoms with Gasteiger partial charge >= 0.3 is 0 Å². The number of ether oxygens (including phenoxy) is 1. The van der Waals surface area contributed by atoms with Crippen molar-refractivity contribution < 1.29 is 13.5 Å². The van der Waals surface area contributed by atoms with Crippen molar-refractivity contribution in [3.63, 3.8) is 0 Å². The normalized spacial score (nSPS) is 16.5. The predicted molar refractivity (Wildman–Crippen MR) is 97.8 cm³/mol. The highest BCUT2D eigenvalue weighted by molar-refractivity contribution is 5.45. The van der Waals surface area contributed by atoms with Crippen molar-refractivity contribution in [1.82, 2.24) is 15.5 Å². The lowest BCUT2D eigenvalue weighted by molar-refractivity contribution is 0.417. The molecule has 6 heteroatoms. The van der Waals surface area contributed by atoms with Gasteiger partial charge in [0.1, 0.15) is 5.82 Å². The summed E-state index contributed by atoms with van der Waals surface area (Å²) in [7, 11) is 0. The zero-order chi connectivity index (χ0) is 18.8. The average molecular weight is 367 g/mol. The number of fused-ring (bicyclic) bond motifs is 1. The maximum absolute atomic E-state index is 15.2. The van der Waals surface area contributed by atoms with Gasteiger partial charge in [0.25, 0.3) is 0 Å². The molecule has 0 aliphatic carbocycles. The summed E-state index contributed by atoms with van der Waals surface area (Å²) in [6.45, 7) is 2.85. The molecule has 1 atom stereocenters. The van der Waals surface area contributed by atoms with Crippen LogP contribution in [0.25, 0.3) is 0 Å². The molecule has 2 heterocycles. The Hall–Kier alpha value is -2.86. The lowest BCUT2D eigenvalue weighted by Crippen LogP contribution is -2.13. The third-order valence-corrected chi connectivity index (χ3v) is 4.80. The number of nitrogens with one attached hydrogen (secondary N) is 1. The van der Waals surface area contributed by atoms with Gasteiger partial charge in [-0.3, -0.25) is 0 Å². The minimum absolute atomic E-state index is 0.0860.